The van der Waals surface area contributed by atoms with Crippen LogP contribution in [0.3, 0.4) is 0 Å². The first kappa shape index (κ1) is 18.1. The second-order valence-electron chi connectivity index (χ2n) is 5.17. The van der Waals surface area contributed by atoms with Gasteiger partial charge in [-0.3, -0.25) is 4.79 Å². The SMILES string of the molecule is CCCCCN(C)CCC(=O)Nc1c(Cl)cc(N)cc1Cl. The third-order valence-corrected chi connectivity index (χ3v) is 3.79. The molecule has 0 fully saturated rings. The van der Waals surface area contributed by atoms with Crippen molar-refractivity contribution in [1.82, 2.24) is 4.90 Å². The highest BCUT2D eigenvalue weighted by atomic mass is 35.5. The third-order valence-electron chi connectivity index (χ3n) is 3.19. The van der Waals surface area contributed by atoms with E-state index >= 15 is 0 Å². The van der Waals surface area contributed by atoms with E-state index in [0.717, 1.165) is 13.0 Å². The molecule has 118 valence electrons. The maximum absolute atomic E-state index is 11.9. The summed E-state index contributed by atoms with van der Waals surface area (Å²) in [5.74, 6) is -0.106. The number of amides is 1. The van der Waals surface area contributed by atoms with Crippen molar-refractivity contribution in [3.8, 4) is 0 Å². The first-order chi connectivity index (χ1) is 9.93. The first-order valence-electron chi connectivity index (χ1n) is 7.17. The molecule has 4 nitrogen and oxygen atoms in total. The Balaban J connectivity index is 2.44. The number of halogens is 2. The number of nitrogens with one attached hydrogen (secondary N) is 1. The lowest BCUT2D eigenvalue weighted by atomic mass is 10.2. The normalized spacial score (nSPS) is 10.9. The van der Waals surface area contributed by atoms with Crippen molar-refractivity contribution < 1.29 is 4.79 Å². The Bertz CT molecular complexity index is 457. The molecule has 0 aliphatic carbocycles. The smallest absolute Gasteiger partial charge is 0.225 e. The Labute approximate surface area is 136 Å². The van der Waals surface area contributed by atoms with Gasteiger partial charge in [0.05, 0.1) is 15.7 Å². The van der Waals surface area contributed by atoms with Crippen molar-refractivity contribution in [3.63, 3.8) is 0 Å². The van der Waals surface area contributed by atoms with Gasteiger partial charge in [-0.2, -0.15) is 0 Å². The lowest BCUT2D eigenvalue weighted by Gasteiger charge is -2.16. The Morgan fingerprint density at radius 3 is 2.43 bits per heavy atom. The Morgan fingerprint density at radius 1 is 1.24 bits per heavy atom. The fraction of sp³-hybridized carbons (Fsp3) is 0.533. The van der Waals surface area contributed by atoms with Crippen LogP contribution >= 0.6 is 23.2 Å². The molecule has 0 bridgehead atoms. The van der Waals surface area contributed by atoms with E-state index in [9.17, 15) is 4.79 Å². The molecule has 0 spiro atoms. The van der Waals surface area contributed by atoms with E-state index in [1.165, 1.54) is 12.8 Å². The zero-order valence-corrected chi connectivity index (χ0v) is 14.1. The van der Waals surface area contributed by atoms with Crippen LogP contribution in [-0.2, 0) is 4.79 Å². The number of hydrogen-bond donors (Lipinski definition) is 2. The van der Waals surface area contributed by atoms with Gasteiger partial charge in [0.2, 0.25) is 5.91 Å². The van der Waals surface area contributed by atoms with Gasteiger partial charge < -0.3 is 16.0 Å². The highest BCUT2D eigenvalue weighted by Crippen LogP contribution is 2.32. The topological polar surface area (TPSA) is 58.4 Å². The molecule has 3 N–H and O–H groups in total. The number of hydrogen-bond acceptors (Lipinski definition) is 3. The second-order valence-corrected chi connectivity index (χ2v) is 5.98. The van der Waals surface area contributed by atoms with Crippen LogP contribution in [0.5, 0.6) is 0 Å². The summed E-state index contributed by atoms with van der Waals surface area (Å²) in [5.41, 5.74) is 6.52. The van der Waals surface area contributed by atoms with Crippen molar-refractivity contribution in [3.05, 3.63) is 22.2 Å². The van der Waals surface area contributed by atoms with Crippen LogP contribution in [0.1, 0.15) is 32.6 Å². The van der Waals surface area contributed by atoms with Crippen molar-refractivity contribution in [2.45, 2.75) is 32.6 Å². The standard InChI is InChI=1S/C15H23Cl2N3O/c1-3-4-5-7-20(2)8-6-14(21)19-15-12(16)9-11(18)10-13(15)17/h9-10H,3-8,18H2,1-2H3,(H,19,21). The van der Waals surface area contributed by atoms with Crippen molar-refractivity contribution >= 4 is 40.5 Å². The predicted octanol–water partition coefficient (Wildman–Crippen LogP) is 4.03. The minimum Gasteiger partial charge on any atom is -0.399 e. The minimum absolute atomic E-state index is 0.106. The number of nitrogens with zero attached hydrogens (tertiary/aromatic N) is 1. The van der Waals surface area contributed by atoms with Crippen LogP contribution < -0.4 is 11.1 Å². The summed E-state index contributed by atoms with van der Waals surface area (Å²) in [7, 11) is 2.02. The fourth-order valence-electron chi connectivity index (χ4n) is 1.95. The van der Waals surface area contributed by atoms with Crippen molar-refractivity contribution in [2.24, 2.45) is 0 Å². The van der Waals surface area contributed by atoms with Crippen LogP contribution in [0, 0.1) is 0 Å². The van der Waals surface area contributed by atoms with Gasteiger partial charge in [0, 0.05) is 18.7 Å². The van der Waals surface area contributed by atoms with Gasteiger partial charge in [0.1, 0.15) is 0 Å². The molecule has 6 heteroatoms. The largest absolute Gasteiger partial charge is 0.399 e. The highest BCUT2D eigenvalue weighted by Gasteiger charge is 2.11. The molecule has 21 heavy (non-hydrogen) atoms. The van der Waals surface area contributed by atoms with Gasteiger partial charge in [-0.05, 0) is 32.1 Å². The number of carbonyl (C=O) groups excluding carboxylic acids is 1. The average Bonchev–Trinajstić information content (AvgIpc) is 2.41. The number of carbonyl (C=O) groups is 1. The van der Waals surface area contributed by atoms with E-state index < -0.39 is 0 Å². The second kappa shape index (κ2) is 9.13. The molecular formula is C15H23Cl2N3O. The first-order valence-corrected chi connectivity index (χ1v) is 7.92. The van der Waals surface area contributed by atoms with E-state index in [-0.39, 0.29) is 5.91 Å². The Hall–Kier alpha value is -0.970. The zero-order chi connectivity index (χ0) is 15.8. The van der Waals surface area contributed by atoms with Gasteiger partial charge in [-0.15, -0.1) is 0 Å². The predicted molar refractivity (Wildman–Crippen MR) is 91.1 cm³/mol. The lowest BCUT2D eigenvalue weighted by Crippen LogP contribution is -2.25. The summed E-state index contributed by atoms with van der Waals surface area (Å²) in [6.45, 7) is 3.89. The average molecular weight is 332 g/mol. The number of unbranched alkanes of at least 4 members (excludes halogenated alkanes) is 2. The lowest BCUT2D eigenvalue weighted by molar-refractivity contribution is -0.116. The molecule has 1 aromatic rings. The molecule has 0 unspecified atom stereocenters. The van der Waals surface area contributed by atoms with Crippen LogP contribution in [0.2, 0.25) is 10.0 Å². The summed E-state index contributed by atoms with van der Waals surface area (Å²) in [5, 5.41) is 3.45. The molecule has 0 aromatic heterocycles. The van der Waals surface area contributed by atoms with Crippen LogP contribution in [0.25, 0.3) is 0 Å². The van der Waals surface area contributed by atoms with E-state index in [4.69, 9.17) is 28.9 Å². The molecule has 1 aromatic carbocycles. The molecule has 1 amide bonds. The van der Waals surface area contributed by atoms with Crippen molar-refractivity contribution in [2.75, 3.05) is 31.2 Å². The molecule has 0 saturated heterocycles. The summed E-state index contributed by atoms with van der Waals surface area (Å²) >= 11 is 12.1. The number of nitrogen functional groups attached to an aromatic ring is 1. The third kappa shape index (κ3) is 6.55. The molecule has 0 saturated carbocycles. The zero-order valence-electron chi connectivity index (χ0n) is 12.6. The maximum Gasteiger partial charge on any atom is 0.225 e. The van der Waals surface area contributed by atoms with Gasteiger partial charge in [0.15, 0.2) is 0 Å². The number of benzene rings is 1. The van der Waals surface area contributed by atoms with E-state index in [2.05, 4.69) is 17.1 Å². The minimum atomic E-state index is -0.106. The molecule has 0 heterocycles. The summed E-state index contributed by atoms with van der Waals surface area (Å²) in [6, 6.07) is 3.14. The highest BCUT2D eigenvalue weighted by molar-refractivity contribution is 6.40. The number of nitrogens with two attached hydrogens (primary N) is 1. The molecular weight excluding hydrogens is 309 g/mol. The van der Waals surface area contributed by atoms with Gasteiger partial charge in [-0.1, -0.05) is 43.0 Å². The van der Waals surface area contributed by atoms with Crippen LogP contribution in [-0.4, -0.2) is 30.9 Å². The quantitative estimate of drug-likeness (QED) is 0.558. The van der Waals surface area contributed by atoms with Gasteiger partial charge >= 0.3 is 0 Å². The maximum atomic E-state index is 11.9. The summed E-state index contributed by atoms with van der Waals surface area (Å²) < 4.78 is 0. The number of anilines is 2. The van der Waals surface area contributed by atoms with Gasteiger partial charge in [-0.25, -0.2) is 0 Å². The van der Waals surface area contributed by atoms with Crippen LogP contribution in [0.4, 0.5) is 11.4 Å². The molecule has 0 atom stereocenters. The fourth-order valence-corrected chi connectivity index (χ4v) is 2.55. The number of rotatable bonds is 8. The van der Waals surface area contributed by atoms with Gasteiger partial charge in [0.25, 0.3) is 0 Å². The summed E-state index contributed by atoms with van der Waals surface area (Å²) in [4.78, 5) is 14.1. The molecule has 0 aliphatic rings. The van der Waals surface area contributed by atoms with E-state index in [1.807, 2.05) is 7.05 Å². The Kier molecular flexibility index (Phi) is 7.86. The molecule has 1 rings (SSSR count). The van der Waals surface area contributed by atoms with E-state index in [0.29, 0.717) is 34.4 Å². The molecule has 0 aliphatic heterocycles. The molecule has 0 radical (unpaired) electrons. The Morgan fingerprint density at radius 2 is 1.86 bits per heavy atom. The van der Waals surface area contributed by atoms with Crippen LogP contribution in [0.15, 0.2) is 12.1 Å². The summed E-state index contributed by atoms with van der Waals surface area (Å²) in [6.07, 6.45) is 3.97. The van der Waals surface area contributed by atoms with Crippen molar-refractivity contribution in [1.29, 1.82) is 0 Å². The van der Waals surface area contributed by atoms with E-state index in [1.54, 1.807) is 12.1 Å². The monoisotopic (exact) mass is 331 g/mol.